The van der Waals surface area contributed by atoms with Crippen molar-refractivity contribution < 1.29 is 0 Å². The van der Waals surface area contributed by atoms with Gasteiger partial charge in [-0.3, -0.25) is 9.67 Å². The lowest BCUT2D eigenvalue weighted by molar-refractivity contribution is 0.631. The van der Waals surface area contributed by atoms with Crippen LogP contribution in [-0.2, 0) is 13.0 Å². The number of nitrogens with two attached hydrogens (primary N) is 1. The number of anilines is 1. The number of nitrogens with zero attached hydrogens (tertiary/aromatic N) is 3. The number of rotatable bonds is 3. The number of nitrogen functional groups attached to an aromatic ring is 1. The smallest absolute Gasteiger partial charge is 0.154 e. The van der Waals surface area contributed by atoms with Crippen LogP contribution >= 0.6 is 22.6 Å². The lowest BCUT2D eigenvalue weighted by atomic mass is 10.2. The molecule has 4 nitrogen and oxygen atoms in total. The number of hydrogen-bond donors (Lipinski definition) is 1. The third kappa shape index (κ3) is 2.42. The van der Waals surface area contributed by atoms with E-state index in [-0.39, 0.29) is 0 Å². The fourth-order valence-electron chi connectivity index (χ4n) is 2.15. The first kappa shape index (κ1) is 12.4. The molecule has 0 aliphatic rings. The average Bonchev–Trinajstić information content (AvgIpc) is 2.76. The molecule has 0 amide bonds. The molecule has 96 valence electrons. The molecule has 2 N–H and O–H groups in total. The Kier molecular flexibility index (Phi) is 3.37. The molecule has 0 aliphatic heterocycles. The highest BCUT2D eigenvalue weighted by molar-refractivity contribution is 14.1. The van der Waals surface area contributed by atoms with Gasteiger partial charge in [0, 0.05) is 28.4 Å². The Morgan fingerprint density at radius 3 is 2.84 bits per heavy atom. The molecule has 0 saturated heterocycles. The van der Waals surface area contributed by atoms with Gasteiger partial charge in [-0.25, -0.2) is 0 Å². The van der Waals surface area contributed by atoms with Gasteiger partial charge in [-0.2, -0.15) is 5.10 Å². The standard InChI is InChI=1S/C14H13IN4/c15-11-5-3-6-12-13(11)14(16)18-19(12)9-7-10-4-1-2-8-17-10/h1-6,8H,7,9H2,(H2,16,18). The van der Waals surface area contributed by atoms with Gasteiger partial charge in [-0.1, -0.05) is 12.1 Å². The van der Waals surface area contributed by atoms with Crippen LogP contribution in [0, 0.1) is 3.57 Å². The quantitative estimate of drug-likeness (QED) is 0.728. The summed E-state index contributed by atoms with van der Waals surface area (Å²) >= 11 is 2.29. The first-order valence-electron chi connectivity index (χ1n) is 6.06. The Balaban J connectivity index is 1.92. The highest BCUT2D eigenvalue weighted by Crippen LogP contribution is 2.25. The molecule has 0 unspecified atom stereocenters. The third-order valence-corrected chi connectivity index (χ3v) is 3.96. The largest absolute Gasteiger partial charge is 0.382 e. The van der Waals surface area contributed by atoms with Gasteiger partial charge in [0.05, 0.1) is 10.9 Å². The van der Waals surface area contributed by atoms with Crippen molar-refractivity contribution >= 4 is 39.3 Å². The van der Waals surface area contributed by atoms with Gasteiger partial charge in [-0.05, 0) is 46.9 Å². The van der Waals surface area contributed by atoms with Crippen LogP contribution in [0.1, 0.15) is 5.69 Å². The summed E-state index contributed by atoms with van der Waals surface area (Å²) in [6, 6.07) is 12.1. The Morgan fingerprint density at radius 1 is 1.16 bits per heavy atom. The Morgan fingerprint density at radius 2 is 2.05 bits per heavy atom. The van der Waals surface area contributed by atoms with Crippen LogP contribution in [0.3, 0.4) is 0 Å². The number of aromatic nitrogens is 3. The van der Waals surface area contributed by atoms with E-state index in [4.69, 9.17) is 5.73 Å². The zero-order valence-corrected chi connectivity index (χ0v) is 12.4. The second-order valence-electron chi connectivity index (χ2n) is 4.31. The lowest BCUT2D eigenvalue weighted by Gasteiger charge is -2.03. The summed E-state index contributed by atoms with van der Waals surface area (Å²) in [4.78, 5) is 4.32. The number of hydrogen-bond acceptors (Lipinski definition) is 3. The summed E-state index contributed by atoms with van der Waals surface area (Å²) in [5.41, 5.74) is 8.14. The fourth-order valence-corrected chi connectivity index (χ4v) is 2.91. The van der Waals surface area contributed by atoms with Crippen LogP contribution < -0.4 is 5.73 Å². The molecule has 0 radical (unpaired) electrons. The van der Waals surface area contributed by atoms with Gasteiger partial charge in [0.2, 0.25) is 0 Å². The first-order chi connectivity index (χ1) is 9.25. The maximum atomic E-state index is 5.99. The van der Waals surface area contributed by atoms with Crippen molar-refractivity contribution in [1.82, 2.24) is 14.8 Å². The molecule has 0 atom stereocenters. The fraction of sp³-hybridized carbons (Fsp3) is 0.143. The monoisotopic (exact) mass is 364 g/mol. The summed E-state index contributed by atoms with van der Waals surface area (Å²) in [7, 11) is 0. The average molecular weight is 364 g/mol. The number of aryl methyl sites for hydroxylation is 2. The van der Waals surface area contributed by atoms with Crippen LogP contribution in [0.15, 0.2) is 42.6 Å². The summed E-state index contributed by atoms with van der Waals surface area (Å²) in [5.74, 6) is 0.598. The van der Waals surface area contributed by atoms with Gasteiger partial charge < -0.3 is 5.73 Å². The predicted molar refractivity (Wildman–Crippen MR) is 84.8 cm³/mol. The van der Waals surface area contributed by atoms with Gasteiger partial charge in [0.1, 0.15) is 0 Å². The topological polar surface area (TPSA) is 56.7 Å². The maximum absolute atomic E-state index is 5.99. The molecule has 2 aromatic heterocycles. The lowest BCUT2D eigenvalue weighted by Crippen LogP contribution is -2.04. The molecule has 0 aliphatic carbocycles. The van der Waals surface area contributed by atoms with Crippen molar-refractivity contribution in [1.29, 1.82) is 0 Å². The van der Waals surface area contributed by atoms with E-state index in [0.717, 1.165) is 33.1 Å². The van der Waals surface area contributed by atoms with Crippen molar-refractivity contribution in [3.63, 3.8) is 0 Å². The zero-order valence-electron chi connectivity index (χ0n) is 10.3. The van der Waals surface area contributed by atoms with Crippen molar-refractivity contribution in [2.75, 3.05) is 5.73 Å². The van der Waals surface area contributed by atoms with Gasteiger partial charge in [0.25, 0.3) is 0 Å². The van der Waals surface area contributed by atoms with Crippen molar-refractivity contribution in [2.45, 2.75) is 13.0 Å². The van der Waals surface area contributed by atoms with Crippen LogP contribution in [0.25, 0.3) is 10.9 Å². The van der Waals surface area contributed by atoms with Gasteiger partial charge in [0.15, 0.2) is 5.82 Å². The number of benzene rings is 1. The predicted octanol–water partition coefficient (Wildman–Crippen LogP) is 2.86. The molecular formula is C14H13IN4. The highest BCUT2D eigenvalue weighted by atomic mass is 127. The van der Waals surface area contributed by atoms with Gasteiger partial charge >= 0.3 is 0 Å². The van der Waals surface area contributed by atoms with Crippen LogP contribution in [0.2, 0.25) is 0 Å². The molecule has 19 heavy (non-hydrogen) atoms. The van der Waals surface area contributed by atoms with E-state index in [1.165, 1.54) is 0 Å². The Labute approximate surface area is 124 Å². The molecule has 2 heterocycles. The van der Waals surface area contributed by atoms with Crippen molar-refractivity contribution in [2.24, 2.45) is 0 Å². The van der Waals surface area contributed by atoms with E-state index in [9.17, 15) is 0 Å². The van der Waals surface area contributed by atoms with Crippen LogP contribution in [-0.4, -0.2) is 14.8 Å². The molecular weight excluding hydrogens is 351 g/mol. The van der Waals surface area contributed by atoms with E-state index in [0.29, 0.717) is 5.82 Å². The molecule has 0 spiro atoms. The van der Waals surface area contributed by atoms with Gasteiger partial charge in [-0.15, -0.1) is 0 Å². The third-order valence-electron chi connectivity index (χ3n) is 3.06. The van der Waals surface area contributed by atoms with E-state index >= 15 is 0 Å². The highest BCUT2D eigenvalue weighted by Gasteiger charge is 2.10. The van der Waals surface area contributed by atoms with Crippen LogP contribution in [0.4, 0.5) is 5.82 Å². The number of halogens is 1. The summed E-state index contributed by atoms with van der Waals surface area (Å²) < 4.78 is 3.10. The van der Waals surface area contributed by atoms with E-state index in [1.807, 2.05) is 41.2 Å². The minimum Gasteiger partial charge on any atom is -0.382 e. The zero-order chi connectivity index (χ0) is 13.2. The van der Waals surface area contributed by atoms with E-state index < -0.39 is 0 Å². The van der Waals surface area contributed by atoms with Crippen molar-refractivity contribution in [3.05, 3.63) is 51.9 Å². The SMILES string of the molecule is Nc1nn(CCc2ccccn2)c2cccc(I)c12. The number of fused-ring (bicyclic) bond motifs is 1. The second-order valence-corrected chi connectivity index (χ2v) is 5.48. The molecule has 0 bridgehead atoms. The molecule has 0 saturated carbocycles. The number of pyridine rings is 1. The second kappa shape index (κ2) is 5.16. The molecule has 0 fully saturated rings. The Bertz CT molecular complexity index is 706. The minimum atomic E-state index is 0.598. The Hall–Kier alpha value is -1.63. The van der Waals surface area contributed by atoms with Crippen LogP contribution in [0.5, 0.6) is 0 Å². The molecule has 3 rings (SSSR count). The molecule has 5 heteroatoms. The maximum Gasteiger partial charge on any atom is 0.154 e. The summed E-state index contributed by atoms with van der Waals surface area (Å²) in [6.45, 7) is 0.783. The van der Waals surface area contributed by atoms with Crippen molar-refractivity contribution in [3.8, 4) is 0 Å². The minimum absolute atomic E-state index is 0.598. The first-order valence-corrected chi connectivity index (χ1v) is 7.14. The van der Waals surface area contributed by atoms with E-state index in [2.05, 4.69) is 38.7 Å². The molecule has 3 aromatic rings. The summed E-state index contributed by atoms with van der Waals surface area (Å²) in [6.07, 6.45) is 2.66. The summed E-state index contributed by atoms with van der Waals surface area (Å²) in [5, 5.41) is 5.47. The van der Waals surface area contributed by atoms with E-state index in [1.54, 1.807) is 0 Å². The molecule has 1 aromatic carbocycles. The normalized spacial score (nSPS) is 11.0.